The zero-order valence-corrected chi connectivity index (χ0v) is 17.7. The van der Waals surface area contributed by atoms with Crippen molar-refractivity contribution in [2.75, 3.05) is 43.0 Å². The molecule has 1 aliphatic rings. The molecule has 2 amide bonds. The lowest BCUT2D eigenvalue weighted by molar-refractivity contribution is 0.208. The maximum Gasteiger partial charge on any atom is 0.321 e. The van der Waals surface area contributed by atoms with Crippen LogP contribution in [0.15, 0.2) is 78.9 Å². The van der Waals surface area contributed by atoms with Crippen molar-refractivity contribution in [1.82, 2.24) is 4.90 Å². The van der Waals surface area contributed by atoms with Crippen LogP contribution in [0.5, 0.6) is 17.2 Å². The van der Waals surface area contributed by atoms with Gasteiger partial charge in [-0.2, -0.15) is 0 Å². The van der Waals surface area contributed by atoms with Crippen LogP contribution < -0.4 is 19.7 Å². The minimum atomic E-state index is -0.0885. The first kappa shape index (κ1) is 20.6. The maximum absolute atomic E-state index is 12.7. The fourth-order valence-electron chi connectivity index (χ4n) is 3.58. The van der Waals surface area contributed by atoms with Crippen molar-refractivity contribution in [3.63, 3.8) is 0 Å². The molecule has 4 rings (SSSR count). The highest BCUT2D eigenvalue weighted by atomic mass is 16.5. The Balaban J connectivity index is 1.30. The molecule has 0 spiro atoms. The lowest BCUT2D eigenvalue weighted by Crippen LogP contribution is -2.50. The summed E-state index contributed by atoms with van der Waals surface area (Å²) in [6, 6.07) is 25.0. The van der Waals surface area contributed by atoms with Crippen molar-refractivity contribution in [2.45, 2.75) is 6.92 Å². The lowest BCUT2D eigenvalue weighted by atomic mass is 10.2. The number of hydrogen-bond donors (Lipinski definition) is 1. The Hall–Kier alpha value is -3.67. The summed E-state index contributed by atoms with van der Waals surface area (Å²) in [5.74, 6) is 2.40. The summed E-state index contributed by atoms with van der Waals surface area (Å²) in [7, 11) is 0. The molecule has 1 saturated heterocycles. The van der Waals surface area contributed by atoms with Gasteiger partial charge in [0, 0.05) is 31.9 Å². The molecule has 1 fully saturated rings. The van der Waals surface area contributed by atoms with Crippen LogP contribution in [-0.4, -0.2) is 43.7 Å². The summed E-state index contributed by atoms with van der Waals surface area (Å²) in [6.07, 6.45) is 0. The number of carbonyl (C=O) groups is 1. The van der Waals surface area contributed by atoms with Crippen molar-refractivity contribution in [1.29, 1.82) is 0 Å². The van der Waals surface area contributed by atoms with Gasteiger partial charge in [0.15, 0.2) is 0 Å². The van der Waals surface area contributed by atoms with E-state index in [-0.39, 0.29) is 6.03 Å². The van der Waals surface area contributed by atoms with E-state index in [1.165, 1.54) is 0 Å². The molecule has 1 heterocycles. The SMILES string of the molecule is CCOc1ccccc1N1CCN(C(=O)Nc2ccc(Oc3ccccc3)cc2)CC1. The molecular formula is C25H27N3O3. The summed E-state index contributed by atoms with van der Waals surface area (Å²) in [5, 5.41) is 2.98. The fraction of sp³-hybridized carbons (Fsp3) is 0.240. The number of amides is 2. The van der Waals surface area contributed by atoms with E-state index in [0.29, 0.717) is 19.7 Å². The van der Waals surface area contributed by atoms with E-state index in [1.807, 2.05) is 84.6 Å². The molecular weight excluding hydrogens is 390 g/mol. The van der Waals surface area contributed by atoms with E-state index < -0.39 is 0 Å². The predicted molar refractivity (Wildman–Crippen MR) is 123 cm³/mol. The van der Waals surface area contributed by atoms with Gasteiger partial charge in [-0.1, -0.05) is 30.3 Å². The van der Waals surface area contributed by atoms with Gasteiger partial charge in [0.25, 0.3) is 0 Å². The number of rotatable bonds is 6. The van der Waals surface area contributed by atoms with Gasteiger partial charge in [-0.15, -0.1) is 0 Å². The normalized spacial score (nSPS) is 13.6. The average Bonchev–Trinajstić information content (AvgIpc) is 2.82. The van der Waals surface area contributed by atoms with Gasteiger partial charge in [-0.25, -0.2) is 4.79 Å². The van der Waals surface area contributed by atoms with Gasteiger partial charge in [-0.05, 0) is 55.5 Å². The molecule has 0 aromatic heterocycles. The smallest absolute Gasteiger partial charge is 0.321 e. The molecule has 1 aliphatic heterocycles. The number of nitrogens with zero attached hydrogens (tertiary/aromatic N) is 2. The van der Waals surface area contributed by atoms with Crippen LogP contribution >= 0.6 is 0 Å². The number of para-hydroxylation sites is 3. The molecule has 160 valence electrons. The zero-order chi connectivity index (χ0) is 21.5. The van der Waals surface area contributed by atoms with Crippen LogP contribution in [0.25, 0.3) is 0 Å². The highest BCUT2D eigenvalue weighted by molar-refractivity contribution is 5.89. The van der Waals surface area contributed by atoms with E-state index in [0.717, 1.165) is 41.7 Å². The Morgan fingerprint density at radius 1 is 0.839 bits per heavy atom. The molecule has 6 heteroatoms. The Morgan fingerprint density at radius 3 is 2.19 bits per heavy atom. The summed E-state index contributed by atoms with van der Waals surface area (Å²) in [6.45, 7) is 5.46. The second-order valence-corrected chi connectivity index (χ2v) is 7.24. The first-order valence-corrected chi connectivity index (χ1v) is 10.6. The minimum absolute atomic E-state index is 0.0885. The summed E-state index contributed by atoms with van der Waals surface area (Å²) in [4.78, 5) is 16.8. The highest BCUT2D eigenvalue weighted by Crippen LogP contribution is 2.29. The molecule has 0 radical (unpaired) electrons. The minimum Gasteiger partial charge on any atom is -0.492 e. The van der Waals surface area contributed by atoms with Gasteiger partial charge in [0.1, 0.15) is 17.2 Å². The van der Waals surface area contributed by atoms with Gasteiger partial charge >= 0.3 is 6.03 Å². The third-order valence-corrected chi connectivity index (χ3v) is 5.16. The summed E-state index contributed by atoms with van der Waals surface area (Å²) >= 11 is 0. The molecule has 0 bridgehead atoms. The zero-order valence-electron chi connectivity index (χ0n) is 17.7. The second kappa shape index (κ2) is 9.89. The second-order valence-electron chi connectivity index (χ2n) is 7.24. The number of urea groups is 1. The van der Waals surface area contributed by atoms with Crippen molar-refractivity contribution in [3.8, 4) is 17.2 Å². The van der Waals surface area contributed by atoms with Crippen molar-refractivity contribution >= 4 is 17.4 Å². The molecule has 1 N–H and O–H groups in total. The first-order chi connectivity index (χ1) is 15.2. The van der Waals surface area contributed by atoms with E-state index in [9.17, 15) is 4.79 Å². The third-order valence-electron chi connectivity index (χ3n) is 5.16. The van der Waals surface area contributed by atoms with Gasteiger partial charge in [0.05, 0.1) is 12.3 Å². The lowest BCUT2D eigenvalue weighted by Gasteiger charge is -2.36. The van der Waals surface area contributed by atoms with Crippen LogP contribution in [0.1, 0.15) is 6.92 Å². The Morgan fingerprint density at radius 2 is 1.48 bits per heavy atom. The molecule has 0 aliphatic carbocycles. The van der Waals surface area contributed by atoms with Crippen LogP contribution in [0, 0.1) is 0 Å². The summed E-state index contributed by atoms with van der Waals surface area (Å²) in [5.41, 5.74) is 1.83. The average molecular weight is 418 g/mol. The molecule has 0 saturated carbocycles. The molecule has 3 aromatic rings. The molecule has 0 unspecified atom stereocenters. The topological polar surface area (TPSA) is 54.0 Å². The molecule has 6 nitrogen and oxygen atoms in total. The van der Waals surface area contributed by atoms with Gasteiger partial charge in [0.2, 0.25) is 0 Å². The maximum atomic E-state index is 12.7. The molecule has 0 atom stereocenters. The van der Waals surface area contributed by atoms with E-state index in [4.69, 9.17) is 9.47 Å². The number of piperazine rings is 1. The number of hydrogen-bond acceptors (Lipinski definition) is 4. The number of carbonyl (C=O) groups excluding carboxylic acids is 1. The van der Waals surface area contributed by atoms with E-state index in [1.54, 1.807) is 0 Å². The van der Waals surface area contributed by atoms with Crippen molar-refractivity contribution in [3.05, 3.63) is 78.9 Å². The Bertz CT molecular complexity index is 984. The highest BCUT2D eigenvalue weighted by Gasteiger charge is 2.23. The van der Waals surface area contributed by atoms with E-state index >= 15 is 0 Å². The van der Waals surface area contributed by atoms with Crippen LogP contribution in [0.3, 0.4) is 0 Å². The third kappa shape index (κ3) is 5.28. The largest absolute Gasteiger partial charge is 0.492 e. The molecule has 3 aromatic carbocycles. The van der Waals surface area contributed by atoms with Crippen LogP contribution in [0.2, 0.25) is 0 Å². The standard InChI is InChI=1S/C25H27N3O3/c1-2-30-24-11-7-6-10-23(24)27-16-18-28(19-17-27)25(29)26-20-12-14-22(15-13-20)31-21-8-4-3-5-9-21/h3-15H,2,16-19H2,1H3,(H,26,29). The number of anilines is 2. The predicted octanol–water partition coefficient (Wildman–Crippen LogP) is 5.23. The Kier molecular flexibility index (Phi) is 6.57. The van der Waals surface area contributed by atoms with Crippen LogP contribution in [-0.2, 0) is 0 Å². The van der Waals surface area contributed by atoms with Crippen molar-refractivity contribution < 1.29 is 14.3 Å². The van der Waals surface area contributed by atoms with E-state index in [2.05, 4.69) is 16.3 Å². The number of ether oxygens (including phenoxy) is 2. The molecule has 31 heavy (non-hydrogen) atoms. The van der Waals surface area contributed by atoms with Gasteiger partial charge < -0.3 is 24.6 Å². The van der Waals surface area contributed by atoms with Crippen molar-refractivity contribution in [2.24, 2.45) is 0 Å². The Labute approximate surface area is 183 Å². The van der Waals surface area contributed by atoms with Gasteiger partial charge in [-0.3, -0.25) is 0 Å². The first-order valence-electron chi connectivity index (χ1n) is 10.6. The monoisotopic (exact) mass is 417 g/mol. The fourth-order valence-corrected chi connectivity index (χ4v) is 3.58. The summed E-state index contributed by atoms with van der Waals surface area (Å²) < 4.78 is 11.5. The van der Waals surface area contributed by atoms with Crippen LogP contribution in [0.4, 0.5) is 16.2 Å². The quantitative estimate of drug-likeness (QED) is 0.597. The number of nitrogens with one attached hydrogen (secondary N) is 1. The number of benzene rings is 3.